The highest BCUT2D eigenvalue weighted by molar-refractivity contribution is 7.88. The van der Waals surface area contributed by atoms with Crippen LogP contribution in [0.15, 0.2) is 59.0 Å². The summed E-state index contributed by atoms with van der Waals surface area (Å²) in [6.45, 7) is 0. The van der Waals surface area contributed by atoms with E-state index < -0.39 is 21.4 Å². The highest BCUT2D eigenvalue weighted by Crippen LogP contribution is 2.43. The summed E-state index contributed by atoms with van der Waals surface area (Å²) < 4.78 is 70.7. The molecule has 4 aromatic carbocycles. The van der Waals surface area contributed by atoms with Crippen molar-refractivity contribution in [2.75, 3.05) is 0 Å². The van der Waals surface area contributed by atoms with Crippen LogP contribution in [0.5, 0.6) is 5.75 Å². The Labute approximate surface area is 150 Å². The smallest absolute Gasteiger partial charge is 0.456 e. The summed E-state index contributed by atoms with van der Waals surface area (Å²) in [6, 6.07) is 15.0. The van der Waals surface area contributed by atoms with Crippen LogP contribution in [0.3, 0.4) is 0 Å². The highest BCUT2D eigenvalue weighted by Gasteiger charge is 2.48. The Balaban J connectivity index is 1.86. The van der Waals surface area contributed by atoms with Crippen molar-refractivity contribution >= 4 is 53.6 Å². The fraction of sp³-hybridized carbons (Fsp3) is 0.0526. The lowest BCUT2D eigenvalue weighted by molar-refractivity contribution is -0.0500. The van der Waals surface area contributed by atoms with Gasteiger partial charge in [0.1, 0.15) is 16.9 Å². The predicted octanol–water partition coefficient (Wildman–Crippen LogP) is 5.56. The van der Waals surface area contributed by atoms with Gasteiger partial charge in [-0.1, -0.05) is 24.3 Å². The third-order valence-electron chi connectivity index (χ3n) is 4.58. The maximum Gasteiger partial charge on any atom is 0.534 e. The first kappa shape index (κ1) is 16.2. The third kappa shape index (κ3) is 2.19. The molecule has 0 spiro atoms. The molecule has 0 saturated heterocycles. The first-order chi connectivity index (χ1) is 12.8. The molecule has 0 aliphatic rings. The number of hydrogen-bond acceptors (Lipinski definition) is 4. The minimum Gasteiger partial charge on any atom is -0.456 e. The van der Waals surface area contributed by atoms with Crippen LogP contribution in [0.2, 0.25) is 0 Å². The van der Waals surface area contributed by atoms with E-state index in [0.717, 1.165) is 26.9 Å². The second-order valence-electron chi connectivity index (χ2n) is 6.15. The van der Waals surface area contributed by atoms with Crippen molar-refractivity contribution in [3.05, 3.63) is 54.6 Å². The van der Waals surface area contributed by atoms with Gasteiger partial charge in [0, 0.05) is 10.8 Å². The molecule has 0 bridgehead atoms. The van der Waals surface area contributed by atoms with E-state index in [1.54, 1.807) is 12.1 Å². The summed E-state index contributed by atoms with van der Waals surface area (Å²) in [7, 11) is -5.74. The van der Waals surface area contributed by atoms with Crippen molar-refractivity contribution in [3.8, 4) is 5.75 Å². The SMILES string of the molecule is O=S(=O)(Oc1ccc2c(c1)c1cccc3oc4cccc2c4c31)C(F)(F)F. The number of furan rings is 1. The van der Waals surface area contributed by atoms with Gasteiger partial charge >= 0.3 is 15.6 Å². The molecule has 0 atom stereocenters. The Bertz CT molecular complexity index is 1450. The average Bonchev–Trinajstić information content (AvgIpc) is 2.99. The molecule has 0 amide bonds. The number of halogens is 3. The minimum absolute atomic E-state index is 0.401. The first-order valence-corrected chi connectivity index (χ1v) is 9.27. The number of fused-ring (bicyclic) bond motifs is 3. The molecule has 8 heteroatoms. The van der Waals surface area contributed by atoms with Crippen LogP contribution < -0.4 is 4.18 Å². The molecule has 0 N–H and O–H groups in total. The van der Waals surface area contributed by atoms with Gasteiger partial charge in [-0.25, -0.2) is 0 Å². The largest absolute Gasteiger partial charge is 0.534 e. The van der Waals surface area contributed by atoms with E-state index in [-0.39, 0.29) is 0 Å². The lowest BCUT2D eigenvalue weighted by Crippen LogP contribution is -2.28. The van der Waals surface area contributed by atoms with Gasteiger partial charge in [-0.05, 0) is 51.9 Å². The van der Waals surface area contributed by atoms with Gasteiger partial charge in [0.25, 0.3) is 0 Å². The van der Waals surface area contributed by atoms with E-state index in [0.29, 0.717) is 16.6 Å². The maximum absolute atomic E-state index is 12.6. The Kier molecular flexibility index (Phi) is 3.02. The second-order valence-corrected chi connectivity index (χ2v) is 7.69. The van der Waals surface area contributed by atoms with Crippen LogP contribution in [0.25, 0.3) is 43.5 Å². The zero-order chi connectivity index (χ0) is 19.0. The number of benzene rings is 4. The summed E-state index contributed by atoms with van der Waals surface area (Å²) in [5, 5.41) is 4.72. The van der Waals surface area contributed by atoms with Crippen LogP contribution in [0, 0.1) is 0 Å². The van der Waals surface area contributed by atoms with Crippen LogP contribution in [-0.2, 0) is 10.1 Å². The van der Waals surface area contributed by atoms with E-state index in [1.807, 2.05) is 30.3 Å². The van der Waals surface area contributed by atoms with Gasteiger partial charge in [-0.2, -0.15) is 21.6 Å². The normalized spacial score (nSPS) is 13.3. The molecule has 4 nitrogen and oxygen atoms in total. The fourth-order valence-corrected chi connectivity index (χ4v) is 3.97. The number of rotatable bonds is 2. The van der Waals surface area contributed by atoms with Crippen LogP contribution >= 0.6 is 0 Å². The Hall–Kier alpha value is -3.00. The van der Waals surface area contributed by atoms with E-state index in [4.69, 9.17) is 4.42 Å². The molecule has 0 aliphatic carbocycles. The molecular weight excluding hydrogens is 381 g/mol. The lowest BCUT2D eigenvalue weighted by Gasteiger charge is -2.12. The molecule has 5 rings (SSSR count). The summed E-state index contributed by atoms with van der Waals surface area (Å²) in [6.07, 6.45) is 0. The van der Waals surface area contributed by atoms with E-state index in [1.165, 1.54) is 12.1 Å². The van der Waals surface area contributed by atoms with Crippen molar-refractivity contribution in [1.29, 1.82) is 0 Å². The average molecular weight is 390 g/mol. The number of alkyl halides is 3. The first-order valence-electron chi connectivity index (χ1n) is 7.86. The van der Waals surface area contributed by atoms with Crippen molar-refractivity contribution in [1.82, 2.24) is 0 Å². The van der Waals surface area contributed by atoms with E-state index >= 15 is 0 Å². The van der Waals surface area contributed by atoms with Gasteiger partial charge in [0.15, 0.2) is 0 Å². The third-order valence-corrected chi connectivity index (χ3v) is 5.56. The standard InChI is InChI=1S/C19H9F3O4S/c20-19(21,22)27(23,24)26-10-7-8-11-12-3-1-5-15-17(12)18-13(14(11)9-10)4-2-6-16(18)25-15/h1-9H. The fourth-order valence-electron chi connectivity index (χ4n) is 3.52. The molecule has 136 valence electrons. The lowest BCUT2D eigenvalue weighted by atomic mass is 9.94. The molecular formula is C19H9F3O4S. The molecule has 27 heavy (non-hydrogen) atoms. The van der Waals surface area contributed by atoms with Crippen molar-refractivity contribution in [3.63, 3.8) is 0 Å². The second kappa shape index (κ2) is 5.04. The molecule has 0 fully saturated rings. The number of hydrogen-bond donors (Lipinski definition) is 0. The minimum atomic E-state index is -5.74. The van der Waals surface area contributed by atoms with Crippen LogP contribution in [0.4, 0.5) is 13.2 Å². The Morgan fingerprint density at radius 3 is 1.96 bits per heavy atom. The van der Waals surface area contributed by atoms with Gasteiger partial charge in [-0.15, -0.1) is 0 Å². The quantitative estimate of drug-likeness (QED) is 0.225. The zero-order valence-electron chi connectivity index (χ0n) is 13.4. The molecule has 0 saturated carbocycles. The van der Waals surface area contributed by atoms with E-state index in [9.17, 15) is 21.6 Å². The maximum atomic E-state index is 12.6. The summed E-state index contributed by atoms with van der Waals surface area (Å²) in [5.41, 5.74) is -4.14. The summed E-state index contributed by atoms with van der Waals surface area (Å²) >= 11 is 0. The van der Waals surface area contributed by atoms with Crippen molar-refractivity contribution in [2.24, 2.45) is 0 Å². The highest BCUT2D eigenvalue weighted by atomic mass is 32.2. The molecule has 0 unspecified atom stereocenters. The molecule has 5 aromatic rings. The van der Waals surface area contributed by atoms with Gasteiger partial charge in [-0.3, -0.25) is 0 Å². The van der Waals surface area contributed by atoms with Gasteiger partial charge < -0.3 is 8.60 Å². The van der Waals surface area contributed by atoms with Crippen LogP contribution in [0.1, 0.15) is 0 Å². The molecule has 0 radical (unpaired) electrons. The molecule has 1 heterocycles. The van der Waals surface area contributed by atoms with Crippen molar-refractivity contribution < 1.29 is 30.2 Å². The van der Waals surface area contributed by atoms with Gasteiger partial charge in [0.2, 0.25) is 0 Å². The van der Waals surface area contributed by atoms with E-state index in [2.05, 4.69) is 4.18 Å². The molecule has 1 aromatic heterocycles. The predicted molar refractivity (Wildman–Crippen MR) is 95.5 cm³/mol. The van der Waals surface area contributed by atoms with Gasteiger partial charge in [0.05, 0.1) is 0 Å². The monoisotopic (exact) mass is 390 g/mol. The molecule has 0 aliphatic heterocycles. The summed E-state index contributed by atoms with van der Waals surface area (Å²) in [5.74, 6) is -0.401. The van der Waals surface area contributed by atoms with Crippen molar-refractivity contribution in [2.45, 2.75) is 5.51 Å². The Morgan fingerprint density at radius 1 is 0.778 bits per heavy atom. The van der Waals surface area contributed by atoms with Crippen LogP contribution in [-0.4, -0.2) is 13.9 Å². The Morgan fingerprint density at radius 2 is 1.37 bits per heavy atom. The topological polar surface area (TPSA) is 56.5 Å². The zero-order valence-corrected chi connectivity index (χ0v) is 14.2. The summed E-state index contributed by atoms with van der Waals surface area (Å²) in [4.78, 5) is 0.